The lowest BCUT2D eigenvalue weighted by molar-refractivity contribution is 0.456. The second-order valence-corrected chi connectivity index (χ2v) is 24.3. The number of nitriles is 1. The van der Waals surface area contributed by atoms with Crippen molar-refractivity contribution in [1.82, 2.24) is 5.32 Å². The average molecular weight is 1000 g/mol. The molecule has 1 heterocycles. The van der Waals surface area contributed by atoms with Gasteiger partial charge in [-0.2, -0.15) is 5.26 Å². The first kappa shape index (κ1) is 45.0. The Kier molecular flexibility index (Phi) is 9.51. The number of likely N-dealkylation sites (N-methyl/N-ethyl adjacent to an activating group) is 1. The third-order valence-corrected chi connectivity index (χ3v) is 20.9. The number of benzene rings is 4. The lowest BCUT2D eigenvalue weighted by Crippen LogP contribution is -2.34. The second kappa shape index (κ2) is 16.5. The van der Waals surface area contributed by atoms with E-state index in [2.05, 4.69) is 200 Å². The van der Waals surface area contributed by atoms with Crippen LogP contribution >= 0.6 is 0 Å². The molecule has 9 atom stereocenters. The van der Waals surface area contributed by atoms with Gasteiger partial charge in [-0.3, -0.25) is 4.99 Å². The van der Waals surface area contributed by atoms with Gasteiger partial charge in [-0.05, 0) is 182 Å². The standard InChI is InChI=1S/C75H61N3/c1-43-70(47-17-15-16-44(36-47)42-76)61-38-48(45-30-33-56-54-22-7-13-28-66(54)74(68(56)39-45)62-24-9-3-18-50(62)51-19-4-10-25-63(51)74)37-59(73(61)78-72(43)71-58-35-32-49(77-2)41-60(58)71)46-31-34-57-55-23-8-14-29-67(55)75(69(57)40-46)64-26-11-5-20-52(64)53-21-6-12-27-65(53)75/h3-6,8-10,13-21,23-25,28-29,31-35,37-41,44-45,50,58,60,62,70-71,77H,1,7,11-12,22,26-27,30,36H2,2H3. The molecule has 12 aliphatic carbocycles. The quantitative estimate of drug-likeness (QED) is 0.217. The van der Waals surface area contributed by atoms with E-state index in [1.807, 2.05) is 7.05 Å². The molecule has 1 aliphatic heterocycles. The smallest absolute Gasteiger partial charge is 0.0753 e. The molecule has 17 rings (SSSR count). The number of rotatable bonds is 5. The highest BCUT2D eigenvalue weighted by atomic mass is 14.9. The highest BCUT2D eigenvalue weighted by Gasteiger charge is 2.60. The molecule has 1 fully saturated rings. The molecule has 0 radical (unpaired) electrons. The monoisotopic (exact) mass is 1000 g/mol. The van der Waals surface area contributed by atoms with Crippen molar-refractivity contribution in [3.8, 4) is 28.3 Å². The zero-order chi connectivity index (χ0) is 51.6. The molecule has 376 valence electrons. The van der Waals surface area contributed by atoms with Crippen LogP contribution in [-0.2, 0) is 10.8 Å². The van der Waals surface area contributed by atoms with Crippen LogP contribution in [-0.4, -0.2) is 12.8 Å². The number of aliphatic imine (C=N–C) groups is 1. The Morgan fingerprint density at radius 2 is 1.50 bits per heavy atom. The summed E-state index contributed by atoms with van der Waals surface area (Å²) in [6, 6.07) is 34.0. The Hall–Kier alpha value is -8.06. The molecule has 0 amide bonds. The summed E-state index contributed by atoms with van der Waals surface area (Å²) in [5.41, 5.74) is 30.8. The molecular formula is C75H61N3. The molecule has 0 saturated heterocycles. The van der Waals surface area contributed by atoms with Crippen molar-refractivity contribution in [3.05, 3.63) is 290 Å². The van der Waals surface area contributed by atoms with E-state index < -0.39 is 0 Å². The summed E-state index contributed by atoms with van der Waals surface area (Å²) in [6.07, 6.45) is 51.2. The third kappa shape index (κ3) is 5.81. The molecule has 78 heavy (non-hydrogen) atoms. The number of hydrogen-bond donors (Lipinski definition) is 1. The second-order valence-electron chi connectivity index (χ2n) is 24.3. The van der Waals surface area contributed by atoms with Gasteiger partial charge in [-0.15, -0.1) is 0 Å². The summed E-state index contributed by atoms with van der Waals surface area (Å²) in [4.78, 5) is 6.02. The predicted molar refractivity (Wildman–Crippen MR) is 317 cm³/mol. The van der Waals surface area contributed by atoms with E-state index in [-0.39, 0.29) is 34.5 Å². The molecule has 9 unspecified atom stereocenters. The molecule has 3 nitrogen and oxygen atoms in total. The van der Waals surface area contributed by atoms with Crippen LogP contribution in [0, 0.1) is 40.9 Å². The Labute approximate surface area is 459 Å². The zero-order valence-electron chi connectivity index (χ0n) is 44.3. The van der Waals surface area contributed by atoms with Crippen LogP contribution in [0.5, 0.6) is 0 Å². The molecule has 0 bridgehead atoms. The SMILES string of the molecule is C=C1C(C2C3C=CC(NC)=CC32)=Nc2c(-c3ccc4c(c3)C3(C5=C(C=CCC5)C5=C3CCC=C5)c3ccccc3-4)cc(C3C=C4C(=CC3)C3=C(C=CCC3)C43c4ccccc4C4C=CC=CC43)cc2C1C1=CC=CC(C#N)C1. The first-order chi connectivity index (χ1) is 38.5. The normalized spacial score (nSPS) is 30.8. The Morgan fingerprint density at radius 1 is 0.718 bits per heavy atom. The van der Waals surface area contributed by atoms with Crippen molar-refractivity contribution in [2.75, 3.05) is 7.05 Å². The minimum atomic E-state index is -0.311. The van der Waals surface area contributed by atoms with Crippen molar-refractivity contribution in [2.24, 2.45) is 34.6 Å². The van der Waals surface area contributed by atoms with Gasteiger partial charge < -0.3 is 5.32 Å². The first-order valence-electron chi connectivity index (χ1n) is 29.1. The van der Waals surface area contributed by atoms with E-state index >= 15 is 0 Å². The fraction of sp³-hybridized carbons (Fsp3) is 0.253. The van der Waals surface area contributed by atoms with Crippen LogP contribution < -0.4 is 5.32 Å². The molecule has 4 aromatic rings. The van der Waals surface area contributed by atoms with E-state index in [1.165, 1.54) is 94.8 Å². The van der Waals surface area contributed by atoms with Gasteiger partial charge in [0.05, 0.1) is 28.5 Å². The van der Waals surface area contributed by atoms with Crippen LogP contribution in [0.25, 0.3) is 22.3 Å². The zero-order valence-corrected chi connectivity index (χ0v) is 44.3. The number of nitrogens with one attached hydrogen (secondary N) is 1. The van der Waals surface area contributed by atoms with E-state index in [0.29, 0.717) is 30.1 Å². The number of nitrogens with zero attached hydrogens (tertiary/aromatic N) is 2. The van der Waals surface area contributed by atoms with Crippen molar-refractivity contribution >= 4 is 11.4 Å². The topological polar surface area (TPSA) is 48.2 Å². The molecular weight excluding hydrogens is 943 g/mol. The largest absolute Gasteiger partial charge is 0.388 e. The maximum atomic E-state index is 10.5. The van der Waals surface area contributed by atoms with Gasteiger partial charge in [-0.25, -0.2) is 0 Å². The van der Waals surface area contributed by atoms with Crippen molar-refractivity contribution in [2.45, 2.75) is 80.0 Å². The summed E-state index contributed by atoms with van der Waals surface area (Å²) < 4.78 is 0. The van der Waals surface area contributed by atoms with Gasteiger partial charge in [0.15, 0.2) is 0 Å². The predicted octanol–water partition coefficient (Wildman–Crippen LogP) is 17.0. The fourth-order valence-corrected chi connectivity index (χ4v) is 17.8. The lowest BCUT2D eigenvalue weighted by atomic mass is 9.63. The summed E-state index contributed by atoms with van der Waals surface area (Å²) in [5.74, 6) is 1.42. The highest BCUT2D eigenvalue weighted by molar-refractivity contribution is 6.10. The summed E-state index contributed by atoms with van der Waals surface area (Å²) in [6.45, 7) is 5.09. The van der Waals surface area contributed by atoms with Gasteiger partial charge in [0, 0.05) is 53.6 Å². The number of fused-ring (bicyclic) bond motifs is 19. The number of hydrogen-bond acceptors (Lipinski definition) is 3. The molecule has 0 aromatic heterocycles. The molecule has 1 N–H and O–H groups in total. The van der Waals surface area contributed by atoms with Crippen molar-refractivity contribution in [3.63, 3.8) is 0 Å². The first-order valence-corrected chi connectivity index (χ1v) is 29.1. The summed E-state index contributed by atoms with van der Waals surface area (Å²) >= 11 is 0. The van der Waals surface area contributed by atoms with Crippen LogP contribution in [0.15, 0.2) is 261 Å². The van der Waals surface area contributed by atoms with E-state index in [0.717, 1.165) is 61.9 Å². The van der Waals surface area contributed by atoms with E-state index in [1.54, 1.807) is 16.7 Å². The van der Waals surface area contributed by atoms with Gasteiger partial charge in [0.2, 0.25) is 0 Å². The molecule has 3 heteroatoms. The summed E-state index contributed by atoms with van der Waals surface area (Å²) in [7, 11) is 2.02. The van der Waals surface area contributed by atoms with Crippen LogP contribution in [0.3, 0.4) is 0 Å². The maximum absolute atomic E-state index is 10.5. The van der Waals surface area contributed by atoms with Gasteiger partial charge in [0.1, 0.15) is 0 Å². The minimum Gasteiger partial charge on any atom is -0.388 e. The van der Waals surface area contributed by atoms with Crippen LogP contribution in [0.2, 0.25) is 0 Å². The lowest BCUT2D eigenvalue weighted by Gasteiger charge is -2.39. The highest BCUT2D eigenvalue weighted by Crippen LogP contribution is 2.69. The van der Waals surface area contributed by atoms with Crippen LogP contribution in [0.4, 0.5) is 5.69 Å². The third-order valence-electron chi connectivity index (χ3n) is 20.9. The Balaban J connectivity index is 0.912. The van der Waals surface area contributed by atoms with Gasteiger partial charge >= 0.3 is 0 Å². The van der Waals surface area contributed by atoms with Gasteiger partial charge in [0.25, 0.3) is 0 Å². The fourth-order valence-electron chi connectivity index (χ4n) is 17.8. The molecule has 2 spiro atoms. The van der Waals surface area contributed by atoms with E-state index in [4.69, 9.17) is 11.6 Å². The van der Waals surface area contributed by atoms with Crippen molar-refractivity contribution < 1.29 is 0 Å². The van der Waals surface area contributed by atoms with Crippen LogP contribution in [0.1, 0.15) is 103 Å². The molecule has 4 aromatic carbocycles. The molecule has 13 aliphatic rings. The summed E-state index contributed by atoms with van der Waals surface area (Å²) in [5, 5.41) is 14.0. The van der Waals surface area contributed by atoms with Crippen molar-refractivity contribution in [1.29, 1.82) is 5.26 Å². The van der Waals surface area contributed by atoms with E-state index in [9.17, 15) is 5.26 Å². The maximum Gasteiger partial charge on any atom is 0.0753 e. The minimum absolute atomic E-state index is 0.115. The number of allylic oxidation sites excluding steroid dienone is 28. The average Bonchev–Trinajstić information content (AvgIpc) is 2.74. The Bertz CT molecular complexity index is 4000. The Morgan fingerprint density at radius 3 is 2.35 bits per heavy atom. The molecule has 1 saturated carbocycles. The van der Waals surface area contributed by atoms with Gasteiger partial charge in [-0.1, -0.05) is 182 Å².